The van der Waals surface area contributed by atoms with Crippen molar-refractivity contribution in [1.29, 1.82) is 0 Å². The molecular formula is C12H14N2O5S. The van der Waals surface area contributed by atoms with Gasteiger partial charge in [-0.05, 0) is 19.1 Å². The van der Waals surface area contributed by atoms with Crippen LogP contribution in [0.1, 0.15) is 18.0 Å². The highest BCUT2D eigenvalue weighted by Gasteiger charge is 2.24. The maximum Gasteiger partial charge on any atom is 0.261 e. The van der Waals surface area contributed by atoms with Gasteiger partial charge in [0.25, 0.3) is 5.89 Å². The average Bonchev–Trinajstić information content (AvgIpc) is 2.86. The highest BCUT2D eigenvalue weighted by Crippen LogP contribution is 2.36. The average molecular weight is 298 g/mol. The SMILES string of the molecule is COc1cccc(-c2nc(C(C)S(C)(=O)=O)no2)c1O. The third kappa shape index (κ3) is 2.60. The van der Waals surface area contributed by atoms with Gasteiger partial charge >= 0.3 is 0 Å². The molecule has 2 aromatic rings. The van der Waals surface area contributed by atoms with E-state index in [-0.39, 0.29) is 28.8 Å². The van der Waals surface area contributed by atoms with E-state index in [1.165, 1.54) is 14.0 Å². The Morgan fingerprint density at radius 3 is 2.70 bits per heavy atom. The number of ether oxygens (including phenoxy) is 1. The summed E-state index contributed by atoms with van der Waals surface area (Å²) in [4.78, 5) is 4.01. The molecule has 1 aromatic carbocycles. The lowest BCUT2D eigenvalue weighted by atomic mass is 10.2. The number of para-hydroxylation sites is 1. The molecule has 1 heterocycles. The number of nitrogens with zero attached hydrogens (tertiary/aromatic N) is 2. The molecular weight excluding hydrogens is 284 g/mol. The molecule has 2 rings (SSSR count). The number of methoxy groups -OCH3 is 1. The zero-order valence-electron chi connectivity index (χ0n) is 11.2. The molecule has 0 amide bonds. The largest absolute Gasteiger partial charge is 0.504 e. The van der Waals surface area contributed by atoms with Crippen molar-refractivity contribution in [3.05, 3.63) is 24.0 Å². The van der Waals surface area contributed by atoms with Crippen LogP contribution in [0, 0.1) is 0 Å². The minimum absolute atomic E-state index is 0.0342. The van der Waals surface area contributed by atoms with Gasteiger partial charge in [-0.15, -0.1) is 0 Å². The molecule has 0 radical (unpaired) electrons. The minimum Gasteiger partial charge on any atom is -0.504 e. The zero-order valence-corrected chi connectivity index (χ0v) is 12.0. The number of rotatable bonds is 4. The van der Waals surface area contributed by atoms with Gasteiger partial charge in [0, 0.05) is 6.26 Å². The molecule has 0 spiro atoms. The lowest BCUT2D eigenvalue weighted by molar-refractivity contribution is 0.371. The number of aromatic nitrogens is 2. The smallest absolute Gasteiger partial charge is 0.261 e. The van der Waals surface area contributed by atoms with Gasteiger partial charge in [-0.1, -0.05) is 11.2 Å². The van der Waals surface area contributed by atoms with Gasteiger partial charge in [0.2, 0.25) is 0 Å². The zero-order chi connectivity index (χ0) is 14.9. The first-order valence-electron chi connectivity index (χ1n) is 5.73. The second kappa shape index (κ2) is 5.12. The predicted octanol–water partition coefficient (Wildman–Crippen LogP) is 1.56. The summed E-state index contributed by atoms with van der Waals surface area (Å²) in [6.07, 6.45) is 1.09. The number of hydrogen-bond acceptors (Lipinski definition) is 7. The Morgan fingerprint density at radius 1 is 1.40 bits per heavy atom. The Labute approximate surface area is 116 Å². The van der Waals surface area contributed by atoms with Crippen molar-refractivity contribution in [3.8, 4) is 23.0 Å². The second-order valence-electron chi connectivity index (χ2n) is 4.29. The van der Waals surface area contributed by atoms with Gasteiger partial charge in [-0.2, -0.15) is 4.98 Å². The van der Waals surface area contributed by atoms with E-state index in [2.05, 4.69) is 10.1 Å². The molecule has 7 nitrogen and oxygen atoms in total. The molecule has 0 saturated carbocycles. The van der Waals surface area contributed by atoms with Crippen molar-refractivity contribution in [2.24, 2.45) is 0 Å². The van der Waals surface area contributed by atoms with Gasteiger partial charge in [0.15, 0.2) is 27.2 Å². The molecule has 1 N–H and O–H groups in total. The van der Waals surface area contributed by atoms with Gasteiger partial charge in [-0.3, -0.25) is 0 Å². The number of sulfone groups is 1. The van der Waals surface area contributed by atoms with Gasteiger partial charge < -0.3 is 14.4 Å². The van der Waals surface area contributed by atoms with Gasteiger partial charge in [0.05, 0.1) is 12.7 Å². The molecule has 1 unspecified atom stereocenters. The molecule has 1 atom stereocenters. The number of hydrogen-bond donors (Lipinski definition) is 1. The fourth-order valence-electron chi connectivity index (χ4n) is 1.56. The molecule has 0 bridgehead atoms. The summed E-state index contributed by atoms with van der Waals surface area (Å²) in [7, 11) is -1.90. The first kappa shape index (κ1) is 14.3. The Kier molecular flexibility index (Phi) is 3.67. The number of benzene rings is 1. The third-order valence-electron chi connectivity index (χ3n) is 2.90. The van der Waals surface area contributed by atoms with Crippen LogP contribution >= 0.6 is 0 Å². The summed E-state index contributed by atoms with van der Waals surface area (Å²) < 4.78 is 32.9. The van der Waals surface area contributed by atoms with E-state index in [0.29, 0.717) is 0 Å². The fourth-order valence-corrected chi connectivity index (χ4v) is 2.04. The summed E-state index contributed by atoms with van der Waals surface area (Å²) in [5.41, 5.74) is 0.281. The number of aromatic hydroxyl groups is 1. The monoisotopic (exact) mass is 298 g/mol. The van der Waals surface area contributed by atoms with E-state index < -0.39 is 15.1 Å². The van der Waals surface area contributed by atoms with Crippen molar-refractivity contribution in [3.63, 3.8) is 0 Å². The van der Waals surface area contributed by atoms with Crippen LogP contribution in [0.3, 0.4) is 0 Å². The summed E-state index contributed by atoms with van der Waals surface area (Å²) in [6, 6.07) is 4.80. The topological polar surface area (TPSA) is 103 Å². The summed E-state index contributed by atoms with van der Waals surface area (Å²) >= 11 is 0. The predicted molar refractivity (Wildman–Crippen MR) is 71.2 cm³/mol. The highest BCUT2D eigenvalue weighted by molar-refractivity contribution is 7.90. The standard InChI is InChI=1S/C12H14N2O5S/c1-7(20(3,16)17)11-13-12(19-14-11)8-5-4-6-9(18-2)10(8)15/h4-7,15H,1-3H3. The molecule has 1 aromatic heterocycles. The van der Waals surface area contributed by atoms with Crippen molar-refractivity contribution >= 4 is 9.84 Å². The number of phenols is 1. The summed E-state index contributed by atoms with van der Waals surface area (Å²) in [5, 5.41) is 12.7. The molecule has 0 fully saturated rings. The Morgan fingerprint density at radius 2 is 2.10 bits per heavy atom. The van der Waals surface area contributed by atoms with Crippen LogP contribution in [0.4, 0.5) is 0 Å². The van der Waals surface area contributed by atoms with Gasteiger partial charge in [0.1, 0.15) is 5.25 Å². The van der Waals surface area contributed by atoms with E-state index in [4.69, 9.17) is 9.26 Å². The molecule has 0 aliphatic heterocycles. The Balaban J connectivity index is 2.44. The maximum atomic E-state index is 11.5. The molecule has 20 heavy (non-hydrogen) atoms. The summed E-state index contributed by atoms with van der Waals surface area (Å²) in [6.45, 7) is 1.47. The van der Waals surface area contributed by atoms with Crippen LogP contribution in [-0.4, -0.2) is 37.0 Å². The Bertz CT molecular complexity index is 723. The van der Waals surface area contributed by atoms with Crippen LogP contribution < -0.4 is 4.74 Å². The van der Waals surface area contributed by atoms with Crippen molar-refractivity contribution in [1.82, 2.24) is 10.1 Å². The number of phenolic OH excluding ortho intramolecular Hbond substituents is 1. The van der Waals surface area contributed by atoms with E-state index in [1.807, 2.05) is 0 Å². The highest BCUT2D eigenvalue weighted by atomic mass is 32.2. The summed E-state index contributed by atoms with van der Waals surface area (Å²) in [5.74, 6) is 0.201. The van der Waals surface area contributed by atoms with E-state index in [1.54, 1.807) is 18.2 Å². The molecule has 0 saturated heterocycles. The third-order valence-corrected chi connectivity index (χ3v) is 4.39. The van der Waals surface area contributed by atoms with E-state index in [9.17, 15) is 13.5 Å². The van der Waals surface area contributed by atoms with Gasteiger partial charge in [-0.25, -0.2) is 8.42 Å². The van der Waals surface area contributed by atoms with Crippen LogP contribution in [0.25, 0.3) is 11.5 Å². The first-order valence-corrected chi connectivity index (χ1v) is 7.69. The lowest BCUT2D eigenvalue weighted by Gasteiger charge is -2.05. The minimum atomic E-state index is -3.32. The lowest BCUT2D eigenvalue weighted by Crippen LogP contribution is -2.09. The second-order valence-corrected chi connectivity index (χ2v) is 6.65. The molecule has 0 aliphatic carbocycles. The maximum absolute atomic E-state index is 11.5. The normalized spacial score (nSPS) is 13.2. The van der Waals surface area contributed by atoms with E-state index >= 15 is 0 Å². The van der Waals surface area contributed by atoms with Crippen molar-refractivity contribution < 1.29 is 22.8 Å². The molecule has 8 heteroatoms. The Hall–Kier alpha value is -2.09. The molecule has 108 valence electrons. The van der Waals surface area contributed by atoms with Crippen LogP contribution in [0.15, 0.2) is 22.7 Å². The van der Waals surface area contributed by atoms with Crippen molar-refractivity contribution in [2.75, 3.05) is 13.4 Å². The van der Waals surface area contributed by atoms with Crippen LogP contribution in [0.2, 0.25) is 0 Å². The fraction of sp³-hybridized carbons (Fsp3) is 0.333. The van der Waals surface area contributed by atoms with Crippen LogP contribution in [0.5, 0.6) is 11.5 Å². The van der Waals surface area contributed by atoms with Crippen LogP contribution in [-0.2, 0) is 9.84 Å². The quantitative estimate of drug-likeness (QED) is 0.913. The first-order chi connectivity index (χ1) is 9.34. The molecule has 0 aliphatic rings. The van der Waals surface area contributed by atoms with Crippen molar-refractivity contribution in [2.45, 2.75) is 12.2 Å². The van der Waals surface area contributed by atoms with E-state index in [0.717, 1.165) is 6.26 Å².